The van der Waals surface area contributed by atoms with Crippen molar-refractivity contribution in [1.29, 1.82) is 0 Å². The molecule has 29 heavy (non-hydrogen) atoms. The van der Waals surface area contributed by atoms with Crippen molar-refractivity contribution in [3.05, 3.63) is 23.9 Å². The molecular formula is C22H39N3O3Si. The summed E-state index contributed by atoms with van der Waals surface area (Å²) in [6.45, 7) is 18.4. The molecule has 1 saturated heterocycles. The maximum atomic E-state index is 12.4. The van der Waals surface area contributed by atoms with E-state index in [9.17, 15) is 4.79 Å². The van der Waals surface area contributed by atoms with Gasteiger partial charge in [0.2, 0.25) is 0 Å². The van der Waals surface area contributed by atoms with Crippen LogP contribution in [0, 0.1) is 5.92 Å². The van der Waals surface area contributed by atoms with Gasteiger partial charge in [-0.25, -0.2) is 9.78 Å². The van der Waals surface area contributed by atoms with Crippen LogP contribution in [-0.2, 0) is 9.16 Å². The highest BCUT2D eigenvalue weighted by molar-refractivity contribution is 6.74. The smallest absolute Gasteiger partial charge is 0.410 e. The van der Waals surface area contributed by atoms with Crippen molar-refractivity contribution in [3.8, 4) is 0 Å². The number of amides is 1. The largest absolute Gasteiger partial charge is 0.444 e. The van der Waals surface area contributed by atoms with E-state index in [0.29, 0.717) is 24.8 Å². The van der Waals surface area contributed by atoms with Gasteiger partial charge in [-0.3, -0.25) is 0 Å². The number of ether oxygens (including phenoxy) is 1. The number of pyridine rings is 1. The lowest BCUT2D eigenvalue weighted by molar-refractivity contribution is 0.00919. The third-order valence-electron chi connectivity index (χ3n) is 5.99. The Morgan fingerprint density at radius 3 is 2.21 bits per heavy atom. The summed E-state index contributed by atoms with van der Waals surface area (Å²) >= 11 is 0. The number of aromatic nitrogens is 1. The molecule has 1 fully saturated rings. The number of carbonyl (C=O) groups excluding carboxylic acids is 1. The molecule has 1 unspecified atom stereocenters. The fourth-order valence-electron chi connectivity index (χ4n) is 3.23. The molecular weight excluding hydrogens is 382 g/mol. The normalized spacial score (nSPS) is 17.9. The molecule has 0 bridgehead atoms. The van der Waals surface area contributed by atoms with Gasteiger partial charge in [-0.05, 0) is 69.3 Å². The van der Waals surface area contributed by atoms with Crippen molar-refractivity contribution in [1.82, 2.24) is 9.88 Å². The van der Waals surface area contributed by atoms with Gasteiger partial charge in [0.05, 0.1) is 6.10 Å². The molecule has 0 radical (unpaired) electrons. The SMILES string of the molecule is CC(C)(C)OC(=O)N1CCC(C(O[Si](C)(C)C(C)(C)C)c2ccc(N)nc2)CC1. The Morgan fingerprint density at radius 1 is 1.17 bits per heavy atom. The number of hydrogen-bond donors (Lipinski definition) is 1. The Kier molecular flexibility index (Phi) is 7.05. The van der Waals surface area contributed by atoms with Gasteiger partial charge in [-0.15, -0.1) is 0 Å². The quantitative estimate of drug-likeness (QED) is 0.661. The molecule has 1 atom stereocenters. The Hall–Kier alpha value is -1.60. The van der Waals surface area contributed by atoms with Crippen LogP contribution in [0.5, 0.6) is 0 Å². The Labute approximate surface area is 177 Å². The fourth-order valence-corrected chi connectivity index (χ4v) is 4.54. The van der Waals surface area contributed by atoms with Gasteiger partial charge in [0, 0.05) is 19.3 Å². The molecule has 2 rings (SSSR count). The molecule has 0 aromatic carbocycles. The first-order chi connectivity index (χ1) is 13.2. The van der Waals surface area contributed by atoms with Crippen molar-refractivity contribution < 1.29 is 14.0 Å². The maximum Gasteiger partial charge on any atom is 0.410 e. The van der Waals surface area contributed by atoms with Gasteiger partial charge >= 0.3 is 6.09 Å². The highest BCUT2D eigenvalue weighted by atomic mass is 28.4. The van der Waals surface area contributed by atoms with E-state index in [0.717, 1.165) is 18.4 Å². The Morgan fingerprint density at radius 2 is 1.76 bits per heavy atom. The number of piperidine rings is 1. The van der Waals surface area contributed by atoms with Crippen molar-refractivity contribution in [2.75, 3.05) is 18.8 Å². The summed E-state index contributed by atoms with van der Waals surface area (Å²) in [6, 6.07) is 3.87. The second-order valence-electron chi connectivity index (χ2n) is 10.6. The summed E-state index contributed by atoms with van der Waals surface area (Å²) in [5, 5.41) is 0.115. The average Bonchev–Trinajstić information content (AvgIpc) is 2.58. The molecule has 0 saturated carbocycles. The highest BCUT2D eigenvalue weighted by Crippen LogP contribution is 2.43. The van der Waals surface area contributed by atoms with Crippen LogP contribution in [0.15, 0.2) is 18.3 Å². The summed E-state index contributed by atoms with van der Waals surface area (Å²) in [5.41, 5.74) is 6.40. The molecule has 0 spiro atoms. The minimum atomic E-state index is -1.98. The summed E-state index contributed by atoms with van der Waals surface area (Å²) in [5.74, 6) is 0.841. The molecule has 1 aromatic heterocycles. The first kappa shape index (κ1) is 23.7. The fraction of sp³-hybridized carbons (Fsp3) is 0.727. The average molecular weight is 422 g/mol. The van der Waals surface area contributed by atoms with E-state index in [4.69, 9.17) is 14.9 Å². The molecule has 2 N–H and O–H groups in total. The standard InChI is InChI=1S/C22H39N3O3Si/c1-21(2,3)27-20(26)25-13-11-16(12-14-25)19(17-9-10-18(23)24-15-17)28-29(7,8)22(4,5)6/h9-10,15-16,19H,11-14H2,1-8H3,(H2,23,24). The molecule has 7 heteroatoms. The Bertz CT molecular complexity index is 685. The number of rotatable bonds is 4. The molecule has 6 nitrogen and oxygen atoms in total. The monoisotopic (exact) mass is 421 g/mol. The van der Waals surface area contributed by atoms with Crippen LogP contribution in [0.1, 0.15) is 66.1 Å². The topological polar surface area (TPSA) is 77.7 Å². The minimum Gasteiger partial charge on any atom is -0.444 e. The molecule has 2 heterocycles. The first-order valence-electron chi connectivity index (χ1n) is 10.6. The first-order valence-corrected chi connectivity index (χ1v) is 13.5. The van der Waals surface area contributed by atoms with Crippen LogP contribution in [0.3, 0.4) is 0 Å². The number of anilines is 1. The van der Waals surface area contributed by atoms with Gasteiger partial charge in [-0.1, -0.05) is 26.8 Å². The molecule has 1 amide bonds. The minimum absolute atomic E-state index is 0.0372. The van der Waals surface area contributed by atoms with Gasteiger partial charge in [0.25, 0.3) is 0 Å². The van der Waals surface area contributed by atoms with E-state index in [1.807, 2.05) is 44.0 Å². The van der Waals surface area contributed by atoms with E-state index in [2.05, 4.69) is 38.8 Å². The second-order valence-corrected chi connectivity index (χ2v) is 15.4. The summed E-state index contributed by atoms with van der Waals surface area (Å²) in [4.78, 5) is 18.5. The third-order valence-corrected chi connectivity index (χ3v) is 10.4. The number of hydrogen-bond acceptors (Lipinski definition) is 5. The number of nitrogens with two attached hydrogens (primary N) is 1. The van der Waals surface area contributed by atoms with E-state index in [1.165, 1.54) is 0 Å². The third kappa shape index (κ3) is 6.44. The van der Waals surface area contributed by atoms with Crippen molar-refractivity contribution in [2.24, 2.45) is 5.92 Å². The molecule has 1 aromatic rings. The number of carbonyl (C=O) groups is 1. The van der Waals surface area contributed by atoms with Crippen LogP contribution >= 0.6 is 0 Å². The lowest BCUT2D eigenvalue weighted by Crippen LogP contribution is -2.46. The zero-order valence-corrected chi connectivity index (χ0v) is 20.4. The van der Waals surface area contributed by atoms with Crippen LogP contribution in [0.25, 0.3) is 0 Å². The zero-order valence-electron chi connectivity index (χ0n) is 19.4. The van der Waals surface area contributed by atoms with Crippen molar-refractivity contribution in [2.45, 2.75) is 84.2 Å². The van der Waals surface area contributed by atoms with Crippen molar-refractivity contribution in [3.63, 3.8) is 0 Å². The van der Waals surface area contributed by atoms with Gasteiger partial charge in [-0.2, -0.15) is 0 Å². The van der Waals surface area contributed by atoms with Crippen molar-refractivity contribution >= 4 is 20.2 Å². The number of nitrogens with zero attached hydrogens (tertiary/aromatic N) is 2. The predicted octanol–water partition coefficient (Wildman–Crippen LogP) is 5.37. The van der Waals surface area contributed by atoms with E-state index in [-0.39, 0.29) is 17.2 Å². The number of likely N-dealkylation sites (tertiary alicyclic amines) is 1. The molecule has 1 aliphatic heterocycles. The van der Waals surface area contributed by atoms with Crippen LogP contribution < -0.4 is 5.73 Å². The molecule has 0 aliphatic carbocycles. The summed E-state index contributed by atoms with van der Waals surface area (Å²) < 4.78 is 12.4. The van der Waals surface area contributed by atoms with E-state index < -0.39 is 13.9 Å². The second kappa shape index (κ2) is 8.64. The van der Waals surface area contributed by atoms with Crippen LogP contribution in [-0.4, -0.2) is 43.0 Å². The van der Waals surface area contributed by atoms with Gasteiger partial charge in [0.15, 0.2) is 8.32 Å². The lowest BCUT2D eigenvalue weighted by atomic mass is 9.88. The molecule has 1 aliphatic rings. The maximum absolute atomic E-state index is 12.4. The Balaban J connectivity index is 2.16. The summed E-state index contributed by atoms with van der Waals surface area (Å²) in [7, 11) is -1.98. The molecule has 164 valence electrons. The van der Waals surface area contributed by atoms with Gasteiger partial charge in [0.1, 0.15) is 11.4 Å². The predicted molar refractivity (Wildman–Crippen MR) is 120 cm³/mol. The highest BCUT2D eigenvalue weighted by Gasteiger charge is 2.42. The van der Waals surface area contributed by atoms with E-state index >= 15 is 0 Å². The number of nitrogen functional groups attached to an aromatic ring is 1. The van der Waals surface area contributed by atoms with Gasteiger partial charge < -0.3 is 19.8 Å². The zero-order chi connectivity index (χ0) is 22.0. The lowest BCUT2D eigenvalue weighted by Gasteiger charge is -2.43. The summed E-state index contributed by atoms with van der Waals surface area (Å²) in [6.07, 6.45) is 3.33. The van der Waals surface area contributed by atoms with E-state index in [1.54, 1.807) is 0 Å². The van der Waals surface area contributed by atoms with Crippen LogP contribution in [0.4, 0.5) is 10.6 Å². The van der Waals surface area contributed by atoms with Crippen LogP contribution in [0.2, 0.25) is 18.1 Å².